The van der Waals surface area contributed by atoms with Crippen LogP contribution < -0.4 is 0 Å². The lowest BCUT2D eigenvalue weighted by atomic mass is 9.94. The van der Waals surface area contributed by atoms with E-state index in [1.807, 2.05) is 0 Å². The lowest BCUT2D eigenvalue weighted by molar-refractivity contribution is -0.149. The van der Waals surface area contributed by atoms with Crippen LogP contribution in [0.1, 0.15) is 24.8 Å². The van der Waals surface area contributed by atoms with Crippen LogP contribution in [0, 0.1) is 0 Å². The third-order valence-corrected chi connectivity index (χ3v) is 9.10. The molecule has 1 aliphatic carbocycles. The van der Waals surface area contributed by atoms with E-state index in [0.717, 1.165) is 5.56 Å². The molecule has 1 amide bonds. The summed E-state index contributed by atoms with van der Waals surface area (Å²) in [6.07, 6.45) is 0.923. The second kappa shape index (κ2) is 7.96. The Bertz CT molecular complexity index is 1160. The van der Waals surface area contributed by atoms with E-state index in [2.05, 4.69) is 0 Å². The maximum absolute atomic E-state index is 13.4. The van der Waals surface area contributed by atoms with Gasteiger partial charge in [0.05, 0.1) is 20.6 Å². The lowest BCUT2D eigenvalue weighted by Crippen LogP contribution is -2.46. The number of carboxylic acids is 1. The van der Waals surface area contributed by atoms with Crippen LogP contribution in [0.2, 0.25) is 15.1 Å². The number of carbonyl (C=O) groups excluding carboxylic acids is 1. The van der Waals surface area contributed by atoms with Crippen molar-refractivity contribution in [2.45, 2.75) is 40.9 Å². The molecule has 31 heavy (non-hydrogen) atoms. The summed E-state index contributed by atoms with van der Waals surface area (Å²) < 4.78 is 26.4. The molecule has 164 valence electrons. The second-order valence-electron chi connectivity index (χ2n) is 7.88. The van der Waals surface area contributed by atoms with Crippen LogP contribution in [0.25, 0.3) is 0 Å². The van der Waals surface area contributed by atoms with Gasteiger partial charge in [-0.15, -0.1) is 0 Å². The van der Waals surface area contributed by atoms with Crippen molar-refractivity contribution in [1.29, 1.82) is 0 Å². The van der Waals surface area contributed by atoms with Crippen molar-refractivity contribution in [2.24, 2.45) is 0 Å². The van der Waals surface area contributed by atoms with Gasteiger partial charge in [0.25, 0.3) is 0 Å². The first kappa shape index (κ1) is 22.4. The van der Waals surface area contributed by atoms with Crippen molar-refractivity contribution in [3.63, 3.8) is 0 Å². The highest BCUT2D eigenvalue weighted by molar-refractivity contribution is 7.92. The summed E-state index contributed by atoms with van der Waals surface area (Å²) in [7, 11) is -3.98. The van der Waals surface area contributed by atoms with E-state index in [0.29, 0.717) is 17.9 Å². The van der Waals surface area contributed by atoms with E-state index >= 15 is 0 Å². The van der Waals surface area contributed by atoms with Gasteiger partial charge in [0.1, 0.15) is 6.04 Å². The molecule has 0 unspecified atom stereocenters. The Hall–Kier alpha value is -1.80. The van der Waals surface area contributed by atoms with Crippen molar-refractivity contribution >= 4 is 56.5 Å². The molecular weight excluding hydrogens is 485 g/mol. The van der Waals surface area contributed by atoms with Gasteiger partial charge in [0.15, 0.2) is 9.84 Å². The first-order chi connectivity index (χ1) is 14.6. The number of hydrogen-bond acceptors (Lipinski definition) is 4. The number of nitrogens with zero attached hydrogens (tertiary/aromatic N) is 1. The zero-order chi connectivity index (χ0) is 22.6. The number of rotatable bonds is 5. The Balaban J connectivity index is 1.65. The van der Waals surface area contributed by atoms with E-state index in [-0.39, 0.29) is 33.8 Å². The highest BCUT2D eigenvalue weighted by Gasteiger charge is 2.57. The van der Waals surface area contributed by atoms with Gasteiger partial charge in [-0.05, 0) is 55.2 Å². The SMILES string of the molecule is O=C(O)[C@@H]1C[C@@H](S(=O)(=O)c2ccc(Cl)cc2Cl)CN1C(=O)C1(c2ccc(Cl)cc2)CC1. The lowest BCUT2D eigenvalue weighted by Gasteiger charge is -2.27. The topological polar surface area (TPSA) is 91.8 Å². The fraction of sp³-hybridized carbons (Fsp3) is 0.333. The molecule has 2 fully saturated rings. The molecule has 4 rings (SSSR count). The van der Waals surface area contributed by atoms with Crippen molar-refractivity contribution < 1.29 is 23.1 Å². The standard InChI is InChI=1S/C21H18Cl3NO5S/c22-13-3-1-12(2-4-13)21(7-8-21)20(28)25-11-15(10-17(25)19(26)27)31(29,30)18-6-5-14(23)9-16(18)24/h1-6,9,15,17H,7-8,10-11H2,(H,26,27)/t15-,17+/m1/s1. The minimum Gasteiger partial charge on any atom is -0.480 e. The third-order valence-electron chi connectivity index (χ3n) is 6.00. The molecular formula is C21H18Cl3NO5S. The molecule has 10 heteroatoms. The van der Waals surface area contributed by atoms with Gasteiger partial charge in [0, 0.05) is 16.6 Å². The molecule has 0 aromatic heterocycles. The summed E-state index contributed by atoms with van der Waals surface area (Å²) in [6, 6.07) is 9.66. The normalized spacial score (nSPS) is 22.4. The highest BCUT2D eigenvalue weighted by atomic mass is 35.5. The maximum atomic E-state index is 13.4. The van der Waals surface area contributed by atoms with Crippen molar-refractivity contribution in [2.75, 3.05) is 6.54 Å². The van der Waals surface area contributed by atoms with Gasteiger partial charge >= 0.3 is 5.97 Å². The smallest absolute Gasteiger partial charge is 0.326 e. The summed E-state index contributed by atoms with van der Waals surface area (Å²) in [5.74, 6) is -1.61. The van der Waals surface area contributed by atoms with Crippen LogP contribution in [0.5, 0.6) is 0 Å². The molecule has 1 N–H and O–H groups in total. The highest BCUT2D eigenvalue weighted by Crippen LogP contribution is 2.51. The van der Waals surface area contributed by atoms with Gasteiger partial charge < -0.3 is 10.0 Å². The number of benzene rings is 2. The Morgan fingerprint density at radius 2 is 1.61 bits per heavy atom. The average Bonchev–Trinajstić information content (AvgIpc) is 3.37. The Kier molecular flexibility index (Phi) is 5.75. The number of aliphatic carboxylic acids is 1. The first-order valence-electron chi connectivity index (χ1n) is 9.55. The number of halogens is 3. The summed E-state index contributed by atoms with van der Waals surface area (Å²) in [5.41, 5.74) is -0.0902. The molecule has 1 saturated heterocycles. The minimum absolute atomic E-state index is 0.0380. The van der Waals surface area contributed by atoms with Gasteiger partial charge in [0.2, 0.25) is 5.91 Å². The monoisotopic (exact) mass is 501 g/mol. The fourth-order valence-electron chi connectivity index (χ4n) is 4.16. The summed E-state index contributed by atoms with van der Waals surface area (Å²) in [5, 5.41) is 9.41. The molecule has 2 aromatic rings. The van der Waals surface area contributed by atoms with E-state index in [9.17, 15) is 23.1 Å². The number of sulfone groups is 1. The number of amides is 1. The fourth-order valence-corrected chi connectivity index (χ4v) is 6.76. The number of carboxylic acid groups (broad SMARTS) is 1. The van der Waals surface area contributed by atoms with Crippen LogP contribution in [0.4, 0.5) is 0 Å². The number of carbonyl (C=O) groups is 2. The molecule has 2 aromatic carbocycles. The molecule has 0 radical (unpaired) electrons. The predicted octanol–water partition coefficient (Wildman–Crippen LogP) is 4.21. The molecule has 1 aliphatic heterocycles. The Morgan fingerprint density at radius 1 is 1.00 bits per heavy atom. The molecule has 2 atom stereocenters. The van der Waals surface area contributed by atoms with Crippen LogP contribution in [0.3, 0.4) is 0 Å². The van der Waals surface area contributed by atoms with E-state index in [1.54, 1.807) is 24.3 Å². The second-order valence-corrected chi connectivity index (χ2v) is 11.4. The number of hydrogen-bond donors (Lipinski definition) is 1. The van der Waals surface area contributed by atoms with Gasteiger partial charge in [-0.3, -0.25) is 4.79 Å². The molecule has 0 spiro atoms. The van der Waals surface area contributed by atoms with Gasteiger partial charge in [-0.1, -0.05) is 46.9 Å². The zero-order valence-corrected chi connectivity index (χ0v) is 19.2. The molecule has 2 aliphatic rings. The summed E-state index contributed by atoms with van der Waals surface area (Å²) >= 11 is 17.9. The molecule has 0 bridgehead atoms. The predicted molar refractivity (Wildman–Crippen MR) is 118 cm³/mol. The molecule has 1 heterocycles. The Morgan fingerprint density at radius 3 is 2.16 bits per heavy atom. The van der Waals surface area contributed by atoms with E-state index in [1.165, 1.54) is 23.1 Å². The van der Waals surface area contributed by atoms with Gasteiger partial charge in [-0.2, -0.15) is 0 Å². The number of likely N-dealkylation sites (tertiary alicyclic amines) is 1. The van der Waals surface area contributed by atoms with Crippen LogP contribution in [-0.4, -0.2) is 48.1 Å². The maximum Gasteiger partial charge on any atom is 0.326 e. The van der Waals surface area contributed by atoms with Crippen molar-refractivity contribution in [3.8, 4) is 0 Å². The zero-order valence-electron chi connectivity index (χ0n) is 16.1. The third kappa shape index (κ3) is 3.93. The van der Waals surface area contributed by atoms with Crippen LogP contribution in [0.15, 0.2) is 47.4 Å². The van der Waals surface area contributed by atoms with Crippen molar-refractivity contribution in [3.05, 3.63) is 63.1 Å². The van der Waals surface area contributed by atoms with E-state index < -0.39 is 32.5 Å². The van der Waals surface area contributed by atoms with Gasteiger partial charge in [-0.25, -0.2) is 13.2 Å². The summed E-state index contributed by atoms with van der Waals surface area (Å²) in [4.78, 5) is 26.4. The molecule has 1 saturated carbocycles. The van der Waals surface area contributed by atoms with Crippen LogP contribution in [-0.2, 0) is 24.8 Å². The summed E-state index contributed by atoms with van der Waals surface area (Å²) in [6.45, 7) is -0.216. The minimum atomic E-state index is -3.98. The first-order valence-corrected chi connectivity index (χ1v) is 12.2. The Labute approximate surface area is 194 Å². The van der Waals surface area contributed by atoms with Crippen molar-refractivity contribution in [1.82, 2.24) is 4.90 Å². The van der Waals surface area contributed by atoms with Crippen LogP contribution >= 0.6 is 34.8 Å². The quantitative estimate of drug-likeness (QED) is 0.661. The van der Waals surface area contributed by atoms with E-state index in [4.69, 9.17) is 34.8 Å². The largest absolute Gasteiger partial charge is 0.480 e. The molecule has 6 nitrogen and oxygen atoms in total. The average molecular weight is 503 g/mol.